The lowest BCUT2D eigenvalue weighted by molar-refractivity contribution is -0.384. The molecule has 0 saturated carbocycles. The number of hydrogen-bond donors (Lipinski definition) is 1. The Labute approximate surface area is 98.9 Å². The van der Waals surface area contributed by atoms with Crippen LogP contribution in [0.15, 0.2) is 12.1 Å². The molecule has 2 N–H and O–H groups in total. The number of carbonyl (C=O) groups is 1. The van der Waals surface area contributed by atoms with E-state index in [2.05, 4.69) is 15.9 Å². The van der Waals surface area contributed by atoms with Crippen LogP contribution in [0, 0.1) is 21.4 Å². The number of anilines is 1. The first kappa shape index (κ1) is 12.1. The Hall–Kier alpha value is -1.94. The third-order valence-electron chi connectivity index (χ3n) is 1.90. The van der Waals surface area contributed by atoms with E-state index in [1.165, 1.54) is 0 Å². The Morgan fingerprint density at radius 1 is 1.62 bits per heavy atom. The molecule has 1 aromatic rings. The standard InChI is InChI=1S/C9H6BrN3O3/c10-3-9(14)6-1-5(13(15)16)2-8(12)7(6)4-11/h1-2H,3,12H2. The molecule has 1 rings (SSSR count). The molecule has 0 atom stereocenters. The largest absolute Gasteiger partial charge is 0.397 e. The second-order valence-corrected chi connectivity index (χ2v) is 3.44. The predicted octanol–water partition coefficient (Wildman–Crippen LogP) is 1.63. The van der Waals surface area contributed by atoms with Gasteiger partial charge >= 0.3 is 0 Å². The summed E-state index contributed by atoms with van der Waals surface area (Å²) in [4.78, 5) is 21.3. The second kappa shape index (κ2) is 4.72. The van der Waals surface area contributed by atoms with Crippen LogP contribution in [0.2, 0.25) is 0 Å². The molecule has 0 saturated heterocycles. The number of nitro benzene ring substituents is 1. The van der Waals surface area contributed by atoms with Crippen LogP contribution in [0.5, 0.6) is 0 Å². The number of non-ortho nitro benzene ring substituents is 1. The third kappa shape index (κ3) is 2.17. The average Bonchev–Trinajstić information content (AvgIpc) is 2.26. The minimum Gasteiger partial charge on any atom is -0.397 e. The Morgan fingerprint density at radius 3 is 2.69 bits per heavy atom. The molecule has 0 radical (unpaired) electrons. The molecule has 0 bridgehead atoms. The van der Waals surface area contributed by atoms with Crippen LogP contribution in [0.4, 0.5) is 11.4 Å². The Kier molecular flexibility index (Phi) is 3.58. The van der Waals surface area contributed by atoms with Crippen molar-refractivity contribution in [3.05, 3.63) is 33.4 Å². The van der Waals surface area contributed by atoms with Gasteiger partial charge in [0, 0.05) is 17.7 Å². The van der Waals surface area contributed by atoms with Crippen LogP contribution >= 0.6 is 15.9 Å². The number of nitrogen functional groups attached to an aromatic ring is 1. The van der Waals surface area contributed by atoms with Gasteiger partial charge in [0.25, 0.3) is 5.69 Å². The van der Waals surface area contributed by atoms with Gasteiger partial charge in [-0.3, -0.25) is 14.9 Å². The summed E-state index contributed by atoms with van der Waals surface area (Å²) in [7, 11) is 0. The smallest absolute Gasteiger partial charge is 0.272 e. The van der Waals surface area contributed by atoms with Crippen molar-refractivity contribution < 1.29 is 9.72 Å². The minimum atomic E-state index is -0.664. The monoisotopic (exact) mass is 283 g/mol. The maximum atomic E-state index is 11.4. The number of nitrogens with zero attached hydrogens (tertiary/aromatic N) is 2. The van der Waals surface area contributed by atoms with Gasteiger partial charge in [-0.05, 0) is 0 Å². The van der Waals surface area contributed by atoms with Crippen molar-refractivity contribution in [2.24, 2.45) is 0 Å². The Balaban J connectivity index is 3.50. The van der Waals surface area contributed by atoms with Crippen molar-refractivity contribution in [2.75, 3.05) is 11.1 Å². The maximum Gasteiger partial charge on any atom is 0.272 e. The van der Waals surface area contributed by atoms with Crippen LogP contribution in [-0.2, 0) is 0 Å². The number of hydrogen-bond acceptors (Lipinski definition) is 5. The second-order valence-electron chi connectivity index (χ2n) is 2.88. The summed E-state index contributed by atoms with van der Waals surface area (Å²) in [6.07, 6.45) is 0. The molecule has 0 spiro atoms. The van der Waals surface area contributed by atoms with E-state index in [0.29, 0.717) is 0 Å². The molecule has 0 aliphatic heterocycles. The summed E-state index contributed by atoms with van der Waals surface area (Å²) in [6, 6.07) is 3.87. The fourth-order valence-electron chi connectivity index (χ4n) is 1.17. The minimum absolute atomic E-state index is 0.0255. The molecule has 16 heavy (non-hydrogen) atoms. The molecule has 0 aliphatic rings. The number of halogens is 1. The molecule has 0 unspecified atom stereocenters. The van der Waals surface area contributed by atoms with Crippen molar-refractivity contribution >= 4 is 33.1 Å². The number of nitro groups is 1. The molecule has 6 nitrogen and oxygen atoms in total. The van der Waals surface area contributed by atoms with Crippen LogP contribution in [0.1, 0.15) is 15.9 Å². The average molecular weight is 284 g/mol. The van der Waals surface area contributed by atoms with E-state index in [9.17, 15) is 14.9 Å². The summed E-state index contributed by atoms with van der Waals surface area (Å²) in [5, 5.41) is 19.3. The van der Waals surface area contributed by atoms with Crippen molar-refractivity contribution in [2.45, 2.75) is 0 Å². The number of rotatable bonds is 3. The highest BCUT2D eigenvalue weighted by Crippen LogP contribution is 2.24. The predicted molar refractivity (Wildman–Crippen MR) is 60.3 cm³/mol. The van der Waals surface area contributed by atoms with Gasteiger partial charge in [-0.15, -0.1) is 0 Å². The SMILES string of the molecule is N#Cc1c(N)cc([N+](=O)[O-])cc1C(=O)CBr. The molecular formula is C9H6BrN3O3. The lowest BCUT2D eigenvalue weighted by Crippen LogP contribution is -2.07. The van der Waals surface area contributed by atoms with Gasteiger partial charge in [0.05, 0.1) is 21.5 Å². The van der Waals surface area contributed by atoms with E-state index in [4.69, 9.17) is 11.0 Å². The molecule has 0 aliphatic carbocycles. The summed E-state index contributed by atoms with van der Waals surface area (Å²) in [5.74, 6) is -0.424. The molecule has 0 fully saturated rings. The van der Waals surface area contributed by atoms with E-state index in [-0.39, 0.29) is 27.8 Å². The maximum absolute atomic E-state index is 11.4. The Morgan fingerprint density at radius 2 is 2.25 bits per heavy atom. The van der Waals surface area contributed by atoms with Gasteiger partial charge in [-0.1, -0.05) is 15.9 Å². The molecule has 82 valence electrons. The van der Waals surface area contributed by atoms with Gasteiger partial charge in [0.2, 0.25) is 0 Å². The number of nitriles is 1. The highest BCUT2D eigenvalue weighted by Gasteiger charge is 2.18. The molecule has 0 heterocycles. The zero-order valence-electron chi connectivity index (χ0n) is 7.94. The topological polar surface area (TPSA) is 110 Å². The number of nitrogens with two attached hydrogens (primary N) is 1. The summed E-state index contributed by atoms with van der Waals surface area (Å²) >= 11 is 2.93. The van der Waals surface area contributed by atoms with Crippen LogP contribution < -0.4 is 5.73 Å². The normalized spacial score (nSPS) is 9.50. The molecule has 7 heteroatoms. The fraction of sp³-hybridized carbons (Fsp3) is 0.111. The van der Waals surface area contributed by atoms with Gasteiger partial charge in [-0.25, -0.2) is 0 Å². The summed E-state index contributed by atoms with van der Waals surface area (Å²) < 4.78 is 0. The van der Waals surface area contributed by atoms with E-state index in [1.807, 2.05) is 0 Å². The van der Waals surface area contributed by atoms with Crippen molar-refractivity contribution in [3.63, 3.8) is 0 Å². The van der Waals surface area contributed by atoms with E-state index < -0.39 is 10.7 Å². The molecule has 0 amide bonds. The van der Waals surface area contributed by atoms with E-state index in [1.54, 1.807) is 6.07 Å². The zero-order chi connectivity index (χ0) is 12.3. The first-order valence-corrected chi connectivity index (χ1v) is 5.20. The Bertz CT molecular complexity index is 507. The lowest BCUT2D eigenvalue weighted by Gasteiger charge is -2.03. The van der Waals surface area contributed by atoms with Gasteiger partial charge in [0.1, 0.15) is 6.07 Å². The first-order valence-electron chi connectivity index (χ1n) is 4.08. The quantitative estimate of drug-likeness (QED) is 0.298. The lowest BCUT2D eigenvalue weighted by atomic mass is 10.0. The number of benzene rings is 1. The van der Waals surface area contributed by atoms with E-state index in [0.717, 1.165) is 12.1 Å². The number of Topliss-reactive ketones (excluding diaryl/α,β-unsaturated/α-hetero) is 1. The zero-order valence-corrected chi connectivity index (χ0v) is 9.52. The molecular weight excluding hydrogens is 278 g/mol. The number of ketones is 1. The van der Waals surface area contributed by atoms with Gasteiger partial charge in [-0.2, -0.15) is 5.26 Å². The van der Waals surface area contributed by atoms with Crippen molar-refractivity contribution in [1.82, 2.24) is 0 Å². The molecule has 1 aromatic carbocycles. The van der Waals surface area contributed by atoms with Crippen LogP contribution in [0.25, 0.3) is 0 Å². The highest BCUT2D eigenvalue weighted by molar-refractivity contribution is 9.09. The number of alkyl halides is 1. The van der Waals surface area contributed by atoms with Gasteiger partial charge < -0.3 is 5.73 Å². The van der Waals surface area contributed by atoms with Crippen molar-refractivity contribution in [3.8, 4) is 6.07 Å². The van der Waals surface area contributed by atoms with Crippen molar-refractivity contribution in [1.29, 1.82) is 5.26 Å². The van der Waals surface area contributed by atoms with Gasteiger partial charge in [0.15, 0.2) is 5.78 Å². The fourth-order valence-corrected chi connectivity index (χ4v) is 1.47. The summed E-state index contributed by atoms with van der Waals surface area (Å²) in [6.45, 7) is 0. The van der Waals surface area contributed by atoms with Crippen LogP contribution in [0.3, 0.4) is 0 Å². The highest BCUT2D eigenvalue weighted by atomic mass is 79.9. The van der Waals surface area contributed by atoms with Crippen LogP contribution in [-0.4, -0.2) is 16.0 Å². The summed E-state index contributed by atoms with van der Waals surface area (Å²) in [5.41, 5.74) is 5.03. The number of carbonyl (C=O) groups excluding carboxylic acids is 1. The third-order valence-corrected chi connectivity index (χ3v) is 2.41. The van der Waals surface area contributed by atoms with E-state index >= 15 is 0 Å². The first-order chi connectivity index (χ1) is 7.51. The molecule has 0 aromatic heterocycles.